The number of likely N-dealkylation sites (tertiary alicyclic amines) is 1. The molecule has 2 heterocycles. The summed E-state index contributed by atoms with van der Waals surface area (Å²) in [6, 6.07) is 14.4. The van der Waals surface area contributed by atoms with Crippen LogP contribution in [-0.2, 0) is 17.9 Å². The maximum atomic E-state index is 13.5. The van der Waals surface area contributed by atoms with Gasteiger partial charge in [0, 0.05) is 26.2 Å². The first-order valence-corrected chi connectivity index (χ1v) is 11.5. The van der Waals surface area contributed by atoms with Gasteiger partial charge in [-0.15, -0.1) is 0 Å². The first-order valence-electron chi connectivity index (χ1n) is 11.5. The molecule has 1 atom stereocenters. The third kappa shape index (κ3) is 5.36. The second-order valence-electron chi connectivity index (χ2n) is 9.14. The van der Waals surface area contributed by atoms with E-state index in [1.165, 1.54) is 5.56 Å². The van der Waals surface area contributed by atoms with Crippen LogP contribution in [0.3, 0.4) is 0 Å². The fourth-order valence-corrected chi connectivity index (χ4v) is 4.59. The molecule has 1 amide bonds. The van der Waals surface area contributed by atoms with E-state index in [0.29, 0.717) is 42.9 Å². The minimum Gasteiger partial charge on any atom is -0.493 e. The molecule has 0 bridgehead atoms. The molecule has 0 N–H and O–H groups in total. The van der Waals surface area contributed by atoms with E-state index in [-0.39, 0.29) is 11.8 Å². The molecule has 6 heteroatoms. The van der Waals surface area contributed by atoms with Crippen molar-refractivity contribution in [2.24, 2.45) is 11.8 Å². The summed E-state index contributed by atoms with van der Waals surface area (Å²) in [6.45, 7) is 9.28. The van der Waals surface area contributed by atoms with Crippen LogP contribution in [0.15, 0.2) is 42.5 Å². The molecular weight excluding hydrogens is 404 g/mol. The third-order valence-corrected chi connectivity index (χ3v) is 6.03. The summed E-state index contributed by atoms with van der Waals surface area (Å²) in [5.74, 6) is 2.66. The largest absolute Gasteiger partial charge is 0.493 e. The zero-order chi connectivity index (χ0) is 22.5. The molecule has 0 aliphatic carbocycles. The first-order chi connectivity index (χ1) is 15.5. The van der Waals surface area contributed by atoms with Crippen LogP contribution in [0.5, 0.6) is 17.2 Å². The summed E-state index contributed by atoms with van der Waals surface area (Å²) < 4.78 is 17.0. The molecule has 2 aliphatic rings. The summed E-state index contributed by atoms with van der Waals surface area (Å²) in [5.41, 5.74) is 2.29. The molecule has 2 aromatic rings. The SMILES string of the molecule is COc1cc(CN(CC(C)C)C(=O)C2CCN(Cc3ccccc3)C2)cc2c1OCCO2. The van der Waals surface area contributed by atoms with Crippen LogP contribution in [0, 0.1) is 11.8 Å². The molecule has 172 valence electrons. The second kappa shape index (κ2) is 10.3. The summed E-state index contributed by atoms with van der Waals surface area (Å²) >= 11 is 0. The maximum absolute atomic E-state index is 13.5. The van der Waals surface area contributed by atoms with Crippen molar-refractivity contribution in [1.29, 1.82) is 0 Å². The number of ether oxygens (including phenoxy) is 3. The highest BCUT2D eigenvalue weighted by Crippen LogP contribution is 2.40. The van der Waals surface area contributed by atoms with Crippen molar-refractivity contribution in [1.82, 2.24) is 9.80 Å². The van der Waals surface area contributed by atoms with Gasteiger partial charge in [0.05, 0.1) is 13.0 Å². The number of methoxy groups -OCH3 is 1. The summed E-state index contributed by atoms with van der Waals surface area (Å²) in [5, 5.41) is 0. The predicted molar refractivity (Wildman–Crippen MR) is 124 cm³/mol. The summed E-state index contributed by atoms with van der Waals surface area (Å²) in [6.07, 6.45) is 0.907. The number of nitrogens with zero attached hydrogens (tertiary/aromatic N) is 2. The topological polar surface area (TPSA) is 51.2 Å². The van der Waals surface area contributed by atoms with Crippen LogP contribution in [0.4, 0.5) is 0 Å². The van der Waals surface area contributed by atoms with Gasteiger partial charge in [0.2, 0.25) is 11.7 Å². The molecular formula is C26H34N2O4. The van der Waals surface area contributed by atoms with E-state index < -0.39 is 0 Å². The molecule has 4 rings (SSSR count). The van der Waals surface area contributed by atoms with Gasteiger partial charge in [-0.25, -0.2) is 0 Å². The Morgan fingerprint density at radius 1 is 1.16 bits per heavy atom. The number of amides is 1. The smallest absolute Gasteiger partial charge is 0.227 e. The van der Waals surface area contributed by atoms with Gasteiger partial charge in [-0.1, -0.05) is 44.2 Å². The Morgan fingerprint density at radius 3 is 2.69 bits per heavy atom. The van der Waals surface area contributed by atoms with Crippen LogP contribution in [0.25, 0.3) is 0 Å². The van der Waals surface area contributed by atoms with Crippen LogP contribution in [0.1, 0.15) is 31.4 Å². The van der Waals surface area contributed by atoms with Gasteiger partial charge in [-0.05, 0) is 42.1 Å². The third-order valence-electron chi connectivity index (χ3n) is 6.03. The molecule has 1 unspecified atom stereocenters. The van der Waals surface area contributed by atoms with Gasteiger partial charge >= 0.3 is 0 Å². The van der Waals surface area contributed by atoms with E-state index in [1.54, 1.807) is 7.11 Å². The lowest BCUT2D eigenvalue weighted by atomic mass is 10.0. The van der Waals surface area contributed by atoms with E-state index in [0.717, 1.165) is 38.2 Å². The quantitative estimate of drug-likeness (QED) is 0.624. The predicted octanol–water partition coefficient (Wildman–Crippen LogP) is 3.97. The first kappa shape index (κ1) is 22.5. The highest BCUT2D eigenvalue weighted by Gasteiger charge is 2.32. The average Bonchev–Trinajstić information content (AvgIpc) is 3.26. The monoisotopic (exact) mass is 438 g/mol. The highest BCUT2D eigenvalue weighted by molar-refractivity contribution is 5.79. The molecule has 1 saturated heterocycles. The molecule has 2 aliphatic heterocycles. The van der Waals surface area contributed by atoms with Crippen molar-refractivity contribution in [2.75, 3.05) is 40.0 Å². The van der Waals surface area contributed by atoms with Crippen molar-refractivity contribution < 1.29 is 19.0 Å². The normalized spacial score (nSPS) is 18.1. The van der Waals surface area contributed by atoms with Gasteiger partial charge in [-0.2, -0.15) is 0 Å². The Labute approximate surface area is 191 Å². The maximum Gasteiger partial charge on any atom is 0.227 e. The minimum absolute atomic E-state index is 0.0385. The molecule has 0 spiro atoms. The highest BCUT2D eigenvalue weighted by atomic mass is 16.6. The van der Waals surface area contributed by atoms with Crippen LogP contribution in [-0.4, -0.2) is 55.7 Å². The van der Waals surface area contributed by atoms with Crippen LogP contribution >= 0.6 is 0 Å². The summed E-state index contributed by atoms with van der Waals surface area (Å²) in [4.78, 5) is 17.9. The lowest BCUT2D eigenvalue weighted by Crippen LogP contribution is -2.39. The number of hydrogen-bond donors (Lipinski definition) is 0. The average molecular weight is 439 g/mol. The van der Waals surface area contributed by atoms with Crippen molar-refractivity contribution >= 4 is 5.91 Å². The lowest BCUT2D eigenvalue weighted by Gasteiger charge is -2.29. The van der Waals surface area contributed by atoms with Crippen molar-refractivity contribution in [3.8, 4) is 17.2 Å². The molecule has 2 aromatic carbocycles. The van der Waals surface area contributed by atoms with Gasteiger partial charge < -0.3 is 19.1 Å². The van der Waals surface area contributed by atoms with E-state index in [2.05, 4.69) is 43.0 Å². The number of rotatable bonds is 8. The molecule has 0 radical (unpaired) electrons. The zero-order valence-electron chi connectivity index (χ0n) is 19.4. The second-order valence-corrected chi connectivity index (χ2v) is 9.14. The summed E-state index contributed by atoms with van der Waals surface area (Å²) in [7, 11) is 1.63. The van der Waals surface area contributed by atoms with Crippen molar-refractivity contribution in [2.45, 2.75) is 33.4 Å². The molecule has 0 saturated carbocycles. The fraction of sp³-hybridized carbons (Fsp3) is 0.500. The van der Waals surface area contributed by atoms with Gasteiger partial charge in [-0.3, -0.25) is 9.69 Å². The van der Waals surface area contributed by atoms with Gasteiger partial charge in [0.25, 0.3) is 0 Å². The molecule has 32 heavy (non-hydrogen) atoms. The van der Waals surface area contributed by atoms with E-state index in [4.69, 9.17) is 14.2 Å². The number of carbonyl (C=O) groups excluding carboxylic acids is 1. The Hall–Kier alpha value is -2.73. The van der Waals surface area contributed by atoms with Crippen LogP contribution < -0.4 is 14.2 Å². The Balaban J connectivity index is 1.46. The van der Waals surface area contributed by atoms with Crippen LogP contribution in [0.2, 0.25) is 0 Å². The van der Waals surface area contributed by atoms with E-state index in [9.17, 15) is 4.79 Å². The number of carbonyl (C=O) groups is 1. The number of benzene rings is 2. The Morgan fingerprint density at radius 2 is 1.94 bits per heavy atom. The van der Waals surface area contributed by atoms with Crippen molar-refractivity contribution in [3.63, 3.8) is 0 Å². The Bertz CT molecular complexity index is 898. The number of fused-ring (bicyclic) bond motifs is 1. The minimum atomic E-state index is 0.0385. The zero-order valence-corrected chi connectivity index (χ0v) is 19.4. The fourth-order valence-electron chi connectivity index (χ4n) is 4.59. The van der Waals surface area contributed by atoms with E-state index in [1.807, 2.05) is 23.1 Å². The molecule has 0 aromatic heterocycles. The van der Waals surface area contributed by atoms with Crippen molar-refractivity contribution in [3.05, 3.63) is 53.6 Å². The van der Waals surface area contributed by atoms with Gasteiger partial charge in [0.1, 0.15) is 13.2 Å². The number of hydrogen-bond acceptors (Lipinski definition) is 5. The van der Waals surface area contributed by atoms with Gasteiger partial charge in [0.15, 0.2) is 11.5 Å². The van der Waals surface area contributed by atoms with E-state index >= 15 is 0 Å². The standard InChI is InChI=1S/C26H34N2O4/c1-19(2)15-28(17-21-13-23(30-3)25-24(14-21)31-11-12-32-25)26(29)22-9-10-27(18-22)16-20-7-5-4-6-8-20/h4-8,13-14,19,22H,9-12,15-18H2,1-3H3. The molecule has 1 fully saturated rings. The molecule has 6 nitrogen and oxygen atoms in total. The Kier molecular flexibility index (Phi) is 7.20. The lowest BCUT2D eigenvalue weighted by molar-refractivity contribution is -0.136.